The largest absolute Gasteiger partial charge is 0.385 e. The van der Waals surface area contributed by atoms with Crippen LogP contribution in [-0.4, -0.2) is 26.8 Å². The van der Waals surface area contributed by atoms with Crippen LogP contribution >= 0.6 is 0 Å². The third-order valence-corrected chi connectivity index (χ3v) is 1.87. The average Bonchev–Trinajstić information content (AvgIpc) is 2.11. The lowest BCUT2D eigenvalue weighted by Crippen LogP contribution is -2.26. The smallest absolute Gasteiger partial charge is 0.0477 e. The van der Waals surface area contributed by atoms with Gasteiger partial charge in [0.05, 0.1) is 0 Å². The first kappa shape index (κ1) is 11.5. The van der Waals surface area contributed by atoms with Crippen molar-refractivity contribution in [3.8, 4) is 11.8 Å². The molecule has 0 rings (SSSR count). The van der Waals surface area contributed by atoms with Gasteiger partial charge in [-0.15, -0.1) is 11.8 Å². The maximum atomic E-state index is 5.00. The molecular formula is C10H19NO. The zero-order valence-electron chi connectivity index (χ0n) is 8.31. The lowest BCUT2D eigenvalue weighted by Gasteiger charge is -2.13. The lowest BCUT2D eigenvalue weighted by molar-refractivity contribution is 0.182. The molecule has 0 radical (unpaired) electrons. The van der Waals surface area contributed by atoms with Crippen molar-refractivity contribution in [2.24, 2.45) is 0 Å². The molecule has 2 nitrogen and oxygen atoms in total. The third kappa shape index (κ3) is 6.21. The highest BCUT2D eigenvalue weighted by Gasteiger charge is 2.03. The first-order valence-corrected chi connectivity index (χ1v) is 4.41. The summed E-state index contributed by atoms with van der Waals surface area (Å²) in [4.78, 5) is 0. The minimum atomic E-state index is 0.547. The van der Waals surface area contributed by atoms with Crippen molar-refractivity contribution in [1.82, 2.24) is 5.32 Å². The first-order chi connectivity index (χ1) is 5.85. The Kier molecular flexibility index (Phi) is 8.20. The molecule has 0 aliphatic heterocycles. The third-order valence-electron chi connectivity index (χ3n) is 1.87. The monoisotopic (exact) mass is 169 g/mol. The Morgan fingerprint density at radius 2 is 2.17 bits per heavy atom. The number of methoxy groups -OCH3 is 1. The summed E-state index contributed by atoms with van der Waals surface area (Å²) in [7, 11) is 3.72. The van der Waals surface area contributed by atoms with E-state index in [0.29, 0.717) is 6.04 Å². The molecule has 12 heavy (non-hydrogen) atoms. The minimum absolute atomic E-state index is 0.547. The number of ether oxygens (including phenoxy) is 1. The second-order valence-electron chi connectivity index (χ2n) is 2.73. The molecule has 70 valence electrons. The van der Waals surface area contributed by atoms with E-state index in [0.717, 1.165) is 25.9 Å². The summed E-state index contributed by atoms with van der Waals surface area (Å²) >= 11 is 0. The molecular weight excluding hydrogens is 150 g/mol. The number of hydrogen-bond donors (Lipinski definition) is 1. The summed E-state index contributed by atoms with van der Waals surface area (Å²) in [6.45, 7) is 2.70. The number of nitrogens with one attached hydrogen (secondary N) is 1. The van der Waals surface area contributed by atoms with Crippen molar-refractivity contribution < 1.29 is 4.74 Å². The Bertz CT molecular complexity index is 146. The summed E-state index contributed by atoms with van der Waals surface area (Å²) in [5, 5.41) is 3.25. The fourth-order valence-electron chi connectivity index (χ4n) is 1.06. The maximum absolute atomic E-state index is 5.00. The molecule has 0 aliphatic carbocycles. The zero-order chi connectivity index (χ0) is 9.23. The Balaban J connectivity index is 3.43. The van der Waals surface area contributed by atoms with Gasteiger partial charge in [-0.05, 0) is 26.8 Å². The van der Waals surface area contributed by atoms with Gasteiger partial charge in [0.2, 0.25) is 0 Å². The standard InChI is InChI=1S/C10H19NO/c1-4-5-6-7-10(11-2)8-9-12-3/h10-11H,6-9H2,1-3H3. The second kappa shape index (κ2) is 8.58. The fraction of sp³-hybridized carbons (Fsp3) is 0.800. The number of rotatable bonds is 6. The van der Waals surface area contributed by atoms with E-state index in [9.17, 15) is 0 Å². The topological polar surface area (TPSA) is 21.3 Å². The molecule has 0 aliphatic rings. The van der Waals surface area contributed by atoms with Crippen LogP contribution in [-0.2, 0) is 4.74 Å². The van der Waals surface area contributed by atoms with Gasteiger partial charge in [-0.2, -0.15) is 0 Å². The molecule has 0 bridgehead atoms. The van der Waals surface area contributed by atoms with E-state index < -0.39 is 0 Å². The van der Waals surface area contributed by atoms with Crippen LogP contribution in [0.1, 0.15) is 26.2 Å². The highest BCUT2D eigenvalue weighted by molar-refractivity contribution is 4.95. The molecule has 0 saturated carbocycles. The summed E-state index contributed by atoms with van der Waals surface area (Å²) in [6, 6.07) is 0.547. The van der Waals surface area contributed by atoms with Crippen LogP contribution in [0, 0.1) is 11.8 Å². The normalized spacial score (nSPS) is 11.9. The second-order valence-corrected chi connectivity index (χ2v) is 2.73. The average molecular weight is 169 g/mol. The van der Waals surface area contributed by atoms with Crippen LogP contribution in [0.4, 0.5) is 0 Å². The van der Waals surface area contributed by atoms with Crippen molar-refractivity contribution in [3.05, 3.63) is 0 Å². The van der Waals surface area contributed by atoms with E-state index in [1.807, 2.05) is 14.0 Å². The summed E-state index contributed by atoms with van der Waals surface area (Å²) in [5.74, 6) is 5.95. The van der Waals surface area contributed by atoms with Crippen molar-refractivity contribution in [2.45, 2.75) is 32.2 Å². The number of hydrogen-bond acceptors (Lipinski definition) is 2. The van der Waals surface area contributed by atoms with E-state index >= 15 is 0 Å². The lowest BCUT2D eigenvalue weighted by atomic mass is 10.1. The molecule has 1 N–H and O–H groups in total. The SMILES string of the molecule is CC#CCCC(CCOC)NC. The van der Waals surface area contributed by atoms with Crippen LogP contribution in [0.5, 0.6) is 0 Å². The van der Waals surface area contributed by atoms with Gasteiger partial charge in [0.15, 0.2) is 0 Å². The van der Waals surface area contributed by atoms with Gasteiger partial charge >= 0.3 is 0 Å². The van der Waals surface area contributed by atoms with Gasteiger partial charge < -0.3 is 10.1 Å². The maximum Gasteiger partial charge on any atom is 0.0477 e. The molecule has 0 saturated heterocycles. The van der Waals surface area contributed by atoms with Gasteiger partial charge in [-0.3, -0.25) is 0 Å². The van der Waals surface area contributed by atoms with Crippen LogP contribution < -0.4 is 5.32 Å². The van der Waals surface area contributed by atoms with E-state index in [2.05, 4.69) is 17.2 Å². The van der Waals surface area contributed by atoms with Crippen molar-refractivity contribution in [2.75, 3.05) is 20.8 Å². The van der Waals surface area contributed by atoms with Gasteiger partial charge in [0.1, 0.15) is 0 Å². The van der Waals surface area contributed by atoms with E-state index in [1.54, 1.807) is 7.11 Å². The molecule has 0 heterocycles. The minimum Gasteiger partial charge on any atom is -0.385 e. The first-order valence-electron chi connectivity index (χ1n) is 4.41. The summed E-state index contributed by atoms with van der Waals surface area (Å²) in [5.41, 5.74) is 0. The molecule has 1 atom stereocenters. The highest BCUT2D eigenvalue weighted by Crippen LogP contribution is 2.00. The molecule has 0 spiro atoms. The van der Waals surface area contributed by atoms with Gasteiger partial charge in [-0.25, -0.2) is 0 Å². The van der Waals surface area contributed by atoms with Gasteiger partial charge in [0, 0.05) is 26.2 Å². The van der Waals surface area contributed by atoms with Crippen LogP contribution in [0.3, 0.4) is 0 Å². The molecule has 0 amide bonds. The predicted molar refractivity (Wildman–Crippen MR) is 52.0 cm³/mol. The molecule has 0 aromatic carbocycles. The molecule has 0 fully saturated rings. The molecule has 0 aromatic heterocycles. The van der Waals surface area contributed by atoms with Crippen LogP contribution in [0.25, 0.3) is 0 Å². The van der Waals surface area contributed by atoms with E-state index in [1.165, 1.54) is 0 Å². The Labute approximate surface area is 75.7 Å². The zero-order valence-corrected chi connectivity index (χ0v) is 8.31. The highest BCUT2D eigenvalue weighted by atomic mass is 16.5. The van der Waals surface area contributed by atoms with Crippen molar-refractivity contribution in [1.29, 1.82) is 0 Å². The molecule has 2 heteroatoms. The summed E-state index contributed by atoms with van der Waals surface area (Å²) in [6.07, 6.45) is 3.16. The van der Waals surface area contributed by atoms with Gasteiger partial charge in [0.25, 0.3) is 0 Å². The molecule has 0 aromatic rings. The van der Waals surface area contributed by atoms with E-state index in [-0.39, 0.29) is 0 Å². The van der Waals surface area contributed by atoms with Crippen molar-refractivity contribution in [3.63, 3.8) is 0 Å². The van der Waals surface area contributed by atoms with Crippen LogP contribution in [0.15, 0.2) is 0 Å². The van der Waals surface area contributed by atoms with Crippen LogP contribution in [0.2, 0.25) is 0 Å². The fourth-order valence-corrected chi connectivity index (χ4v) is 1.06. The Morgan fingerprint density at radius 3 is 2.67 bits per heavy atom. The van der Waals surface area contributed by atoms with Gasteiger partial charge in [-0.1, -0.05) is 0 Å². The summed E-state index contributed by atoms with van der Waals surface area (Å²) < 4.78 is 5.00. The predicted octanol–water partition coefficient (Wildman–Crippen LogP) is 1.41. The quantitative estimate of drug-likeness (QED) is 0.607. The Hall–Kier alpha value is -0.520. The van der Waals surface area contributed by atoms with E-state index in [4.69, 9.17) is 4.74 Å². The Morgan fingerprint density at radius 1 is 1.42 bits per heavy atom. The van der Waals surface area contributed by atoms with Crippen molar-refractivity contribution >= 4 is 0 Å². The molecule has 1 unspecified atom stereocenters.